The van der Waals surface area contributed by atoms with Gasteiger partial charge in [-0.15, -0.1) is 0 Å². The predicted octanol–water partition coefficient (Wildman–Crippen LogP) is 3.23. The van der Waals surface area contributed by atoms with Crippen LogP contribution in [0.3, 0.4) is 0 Å². The monoisotopic (exact) mass is 267 g/mol. The molecule has 1 aromatic heterocycles. The molecule has 0 fully saturated rings. The summed E-state index contributed by atoms with van der Waals surface area (Å²) in [5, 5.41) is 0. The summed E-state index contributed by atoms with van der Waals surface area (Å²) in [5.41, 5.74) is 10.7. The second-order valence-electron chi connectivity index (χ2n) is 4.90. The maximum Gasteiger partial charge on any atom is 0.121 e. The van der Waals surface area contributed by atoms with E-state index in [9.17, 15) is 0 Å². The fourth-order valence-corrected chi connectivity index (χ4v) is 2.55. The summed E-state index contributed by atoms with van der Waals surface area (Å²) in [7, 11) is 1.68. The number of anilines is 1. The molecule has 0 aliphatic rings. The lowest BCUT2D eigenvalue weighted by Gasteiger charge is -2.10. The van der Waals surface area contributed by atoms with E-state index in [1.54, 1.807) is 7.11 Å². The highest BCUT2D eigenvalue weighted by Crippen LogP contribution is 2.26. The number of nitrogens with zero attached hydrogens (tertiary/aromatic N) is 2. The predicted molar refractivity (Wildman–Crippen MR) is 81.5 cm³/mol. The van der Waals surface area contributed by atoms with Gasteiger partial charge in [-0.1, -0.05) is 0 Å². The summed E-state index contributed by atoms with van der Waals surface area (Å²) in [6, 6.07) is 11.9. The van der Waals surface area contributed by atoms with Crippen LogP contribution in [0.25, 0.3) is 16.7 Å². The molecule has 0 atom stereocenters. The molecule has 0 unspecified atom stereocenters. The molecule has 0 aliphatic heterocycles. The van der Waals surface area contributed by atoms with Crippen LogP contribution in [0.1, 0.15) is 11.4 Å². The van der Waals surface area contributed by atoms with Gasteiger partial charge in [0.15, 0.2) is 0 Å². The Morgan fingerprint density at radius 1 is 1.10 bits per heavy atom. The minimum absolute atomic E-state index is 0.730. The lowest BCUT2D eigenvalue weighted by Crippen LogP contribution is -1.98. The van der Waals surface area contributed by atoms with Crippen molar-refractivity contribution in [2.24, 2.45) is 0 Å². The van der Waals surface area contributed by atoms with Crippen molar-refractivity contribution < 1.29 is 4.74 Å². The van der Waals surface area contributed by atoms with Crippen molar-refractivity contribution in [3.8, 4) is 11.4 Å². The van der Waals surface area contributed by atoms with Crippen LogP contribution in [0.4, 0.5) is 5.69 Å². The van der Waals surface area contributed by atoms with Crippen LogP contribution in [-0.4, -0.2) is 16.7 Å². The number of nitrogens with two attached hydrogens (primary N) is 1. The van der Waals surface area contributed by atoms with Crippen molar-refractivity contribution in [3.63, 3.8) is 0 Å². The molecule has 102 valence electrons. The summed E-state index contributed by atoms with van der Waals surface area (Å²) < 4.78 is 7.44. The first-order chi connectivity index (χ1) is 9.60. The van der Waals surface area contributed by atoms with Crippen molar-refractivity contribution in [2.45, 2.75) is 13.8 Å². The first-order valence-electron chi connectivity index (χ1n) is 6.50. The quantitative estimate of drug-likeness (QED) is 0.725. The average molecular weight is 267 g/mol. The summed E-state index contributed by atoms with van der Waals surface area (Å²) in [4.78, 5) is 4.57. The van der Waals surface area contributed by atoms with Crippen LogP contribution in [0.5, 0.6) is 5.75 Å². The SMILES string of the molecule is COc1ccc(-n2c(C)nc3cc(N)ccc32)cc1C. The lowest BCUT2D eigenvalue weighted by atomic mass is 10.2. The van der Waals surface area contributed by atoms with Crippen molar-refractivity contribution in [1.82, 2.24) is 9.55 Å². The number of nitrogen functional groups attached to an aromatic ring is 1. The van der Waals surface area contributed by atoms with E-state index >= 15 is 0 Å². The van der Waals surface area contributed by atoms with Crippen LogP contribution in [0.15, 0.2) is 36.4 Å². The summed E-state index contributed by atoms with van der Waals surface area (Å²) in [6.07, 6.45) is 0. The van der Waals surface area contributed by atoms with Crippen molar-refractivity contribution >= 4 is 16.7 Å². The molecular weight excluding hydrogens is 250 g/mol. The highest BCUT2D eigenvalue weighted by molar-refractivity contribution is 5.81. The zero-order chi connectivity index (χ0) is 14.3. The number of benzene rings is 2. The number of ether oxygens (including phenoxy) is 1. The zero-order valence-corrected chi connectivity index (χ0v) is 11.8. The molecule has 20 heavy (non-hydrogen) atoms. The van der Waals surface area contributed by atoms with Crippen LogP contribution >= 0.6 is 0 Å². The smallest absolute Gasteiger partial charge is 0.121 e. The Kier molecular flexibility index (Phi) is 2.86. The number of rotatable bonds is 2. The van der Waals surface area contributed by atoms with E-state index in [1.807, 2.05) is 44.2 Å². The van der Waals surface area contributed by atoms with Crippen molar-refractivity contribution in [1.29, 1.82) is 0 Å². The van der Waals surface area contributed by atoms with Gasteiger partial charge in [-0.2, -0.15) is 0 Å². The minimum atomic E-state index is 0.730. The molecule has 0 amide bonds. The van der Waals surface area contributed by atoms with Crippen LogP contribution < -0.4 is 10.5 Å². The van der Waals surface area contributed by atoms with Crippen molar-refractivity contribution in [3.05, 3.63) is 47.8 Å². The molecule has 1 heterocycles. The van der Waals surface area contributed by atoms with E-state index in [4.69, 9.17) is 10.5 Å². The Morgan fingerprint density at radius 2 is 1.90 bits per heavy atom. The molecule has 0 saturated carbocycles. The molecule has 2 N–H and O–H groups in total. The Bertz CT molecular complexity index is 790. The highest BCUT2D eigenvalue weighted by Gasteiger charge is 2.10. The minimum Gasteiger partial charge on any atom is -0.496 e. The molecule has 4 heteroatoms. The third kappa shape index (κ3) is 1.90. The molecule has 0 spiro atoms. The van der Waals surface area contributed by atoms with E-state index in [0.717, 1.165) is 39.5 Å². The molecule has 3 aromatic rings. The topological polar surface area (TPSA) is 53.1 Å². The first kappa shape index (κ1) is 12.5. The molecule has 0 radical (unpaired) electrons. The van der Waals surface area contributed by atoms with Crippen LogP contribution in [-0.2, 0) is 0 Å². The first-order valence-corrected chi connectivity index (χ1v) is 6.50. The van der Waals surface area contributed by atoms with E-state index in [1.165, 1.54) is 0 Å². The molecule has 0 saturated heterocycles. The summed E-state index contributed by atoms with van der Waals surface area (Å²) >= 11 is 0. The van der Waals surface area contributed by atoms with E-state index < -0.39 is 0 Å². The van der Waals surface area contributed by atoms with Crippen LogP contribution in [0, 0.1) is 13.8 Å². The third-order valence-electron chi connectivity index (χ3n) is 3.48. The number of methoxy groups -OCH3 is 1. The molecule has 3 rings (SSSR count). The van der Waals surface area contributed by atoms with Gasteiger partial charge in [-0.3, -0.25) is 4.57 Å². The van der Waals surface area contributed by atoms with E-state index in [-0.39, 0.29) is 0 Å². The standard InChI is InChI=1S/C16H17N3O/c1-10-8-13(5-7-16(10)20-3)19-11(2)18-14-9-12(17)4-6-15(14)19/h4-9H,17H2,1-3H3. The Morgan fingerprint density at radius 3 is 2.60 bits per heavy atom. The van der Waals surface area contributed by atoms with Gasteiger partial charge < -0.3 is 10.5 Å². The molecular formula is C16H17N3O. The third-order valence-corrected chi connectivity index (χ3v) is 3.48. The normalized spacial score (nSPS) is 10.9. The number of hydrogen-bond acceptors (Lipinski definition) is 3. The van der Waals surface area contributed by atoms with Crippen LogP contribution in [0.2, 0.25) is 0 Å². The summed E-state index contributed by atoms with van der Waals surface area (Å²) in [6.45, 7) is 4.03. The maximum absolute atomic E-state index is 5.82. The van der Waals surface area contributed by atoms with Crippen molar-refractivity contribution in [2.75, 3.05) is 12.8 Å². The van der Waals surface area contributed by atoms with Gasteiger partial charge in [0.2, 0.25) is 0 Å². The Hall–Kier alpha value is -2.49. The summed E-state index contributed by atoms with van der Waals surface area (Å²) in [5.74, 6) is 1.83. The van der Waals surface area contributed by atoms with Gasteiger partial charge in [0.05, 0.1) is 18.1 Å². The van der Waals surface area contributed by atoms with Gasteiger partial charge in [-0.05, 0) is 55.8 Å². The van der Waals surface area contributed by atoms with Gasteiger partial charge in [0.25, 0.3) is 0 Å². The lowest BCUT2D eigenvalue weighted by molar-refractivity contribution is 0.411. The number of aryl methyl sites for hydroxylation is 2. The molecule has 0 aliphatic carbocycles. The molecule has 2 aromatic carbocycles. The second kappa shape index (κ2) is 4.56. The average Bonchev–Trinajstić information content (AvgIpc) is 2.73. The number of aromatic nitrogens is 2. The second-order valence-corrected chi connectivity index (χ2v) is 4.90. The molecule has 4 nitrogen and oxygen atoms in total. The van der Waals surface area contributed by atoms with Gasteiger partial charge in [0.1, 0.15) is 11.6 Å². The highest BCUT2D eigenvalue weighted by atomic mass is 16.5. The maximum atomic E-state index is 5.82. The molecule has 0 bridgehead atoms. The number of hydrogen-bond donors (Lipinski definition) is 1. The zero-order valence-electron chi connectivity index (χ0n) is 11.8. The Balaban J connectivity index is 2.23. The number of fused-ring (bicyclic) bond motifs is 1. The van der Waals surface area contributed by atoms with E-state index in [2.05, 4.69) is 15.6 Å². The fourth-order valence-electron chi connectivity index (χ4n) is 2.55. The van der Waals surface area contributed by atoms with E-state index in [0.29, 0.717) is 0 Å². The van der Waals surface area contributed by atoms with Gasteiger partial charge in [-0.25, -0.2) is 4.98 Å². The fraction of sp³-hybridized carbons (Fsp3) is 0.188. The Labute approximate surface area is 117 Å². The van der Waals surface area contributed by atoms with Gasteiger partial charge >= 0.3 is 0 Å². The number of imidazole rings is 1. The van der Waals surface area contributed by atoms with Gasteiger partial charge in [0, 0.05) is 11.4 Å². The largest absolute Gasteiger partial charge is 0.496 e.